The molecule has 2 radical (unpaired) electrons. The molecule has 72 heavy (non-hydrogen) atoms. The number of amides is 1. The Kier molecular flexibility index (Phi) is 15.0. The molecule has 10 nitrogen and oxygen atoms in total. The summed E-state index contributed by atoms with van der Waals surface area (Å²) in [5.74, 6) is -0.292. The van der Waals surface area contributed by atoms with Gasteiger partial charge in [0.05, 0.1) is 11.1 Å². The van der Waals surface area contributed by atoms with Crippen LogP contribution in [0, 0.1) is 16.1 Å². The van der Waals surface area contributed by atoms with Gasteiger partial charge in [0.2, 0.25) is 0 Å². The zero-order valence-corrected chi connectivity index (χ0v) is 44.0. The van der Waals surface area contributed by atoms with Crippen LogP contribution >= 0.6 is 46.7 Å². The summed E-state index contributed by atoms with van der Waals surface area (Å²) in [6.07, 6.45) is 16.0. The van der Waals surface area contributed by atoms with E-state index in [1.165, 1.54) is 54.6 Å². The third-order valence-electron chi connectivity index (χ3n) is 14.3. The summed E-state index contributed by atoms with van der Waals surface area (Å²) >= 11 is 9.02. The molecular weight excluding hydrogens is 977 g/mol. The van der Waals surface area contributed by atoms with E-state index in [2.05, 4.69) is 84.6 Å². The van der Waals surface area contributed by atoms with Crippen molar-refractivity contribution in [3.8, 4) is 16.9 Å². The normalized spacial score (nSPS) is 18.9. The van der Waals surface area contributed by atoms with Crippen LogP contribution in [0.3, 0.4) is 0 Å². The number of aromatic nitrogens is 2. The molecule has 0 bridgehead atoms. The van der Waals surface area contributed by atoms with Gasteiger partial charge in [-0.15, -0.1) is 22.7 Å². The molecule has 4 aromatic carbocycles. The fraction of sp³-hybridized carbons (Fsp3) is 0.345. The molecule has 2 atom stereocenters. The van der Waals surface area contributed by atoms with Crippen LogP contribution < -0.4 is 30.0 Å². The highest BCUT2D eigenvalue weighted by Gasteiger charge is 2.42. The summed E-state index contributed by atoms with van der Waals surface area (Å²) in [4.78, 5) is 59.3. The molecule has 2 fully saturated rings. The Bertz CT molecular complexity index is 3480. The maximum absolute atomic E-state index is 14.5. The molecule has 2 aliphatic heterocycles. The highest BCUT2D eigenvalue weighted by atomic mass is 32.2. The van der Waals surface area contributed by atoms with E-state index in [1.54, 1.807) is 4.57 Å². The first-order valence-corrected chi connectivity index (χ1v) is 28.2. The zero-order chi connectivity index (χ0) is 50.0. The maximum Gasteiger partial charge on any atom is 0.323 e. The number of aliphatic carboxylic acids is 1. The number of anilines is 2. The minimum atomic E-state index is -1.19. The molecule has 2 aliphatic carbocycles. The van der Waals surface area contributed by atoms with Crippen molar-refractivity contribution in [2.75, 3.05) is 18.1 Å². The van der Waals surface area contributed by atoms with Crippen LogP contribution in [-0.4, -0.2) is 54.5 Å². The highest BCUT2D eigenvalue weighted by Crippen LogP contribution is 2.54. The molecular formula is C58H58N4O6S4. The van der Waals surface area contributed by atoms with Crippen molar-refractivity contribution in [2.45, 2.75) is 116 Å². The quantitative estimate of drug-likeness (QED) is 0.0663. The van der Waals surface area contributed by atoms with Gasteiger partial charge in [-0.05, 0) is 145 Å². The van der Waals surface area contributed by atoms with Crippen molar-refractivity contribution in [1.29, 1.82) is 0 Å². The summed E-state index contributed by atoms with van der Waals surface area (Å²) in [5, 5.41) is 10.1. The number of thioether (sulfide) groups is 1. The zero-order valence-electron chi connectivity index (χ0n) is 40.7. The smallest absolute Gasteiger partial charge is 0.323 e. The molecule has 4 aliphatic rings. The average Bonchev–Trinajstić information content (AvgIpc) is 4.23. The molecule has 0 spiro atoms. The number of thiocarbonyl (C=S) groups is 1. The van der Waals surface area contributed by atoms with Gasteiger partial charge in [-0.1, -0.05) is 118 Å². The number of unbranched alkanes of at least 4 members (excludes halogenated alkanes) is 7. The second-order valence-corrected chi connectivity index (χ2v) is 22.6. The third-order valence-corrected chi connectivity index (χ3v) is 18.3. The summed E-state index contributed by atoms with van der Waals surface area (Å²) in [6.45, 7) is 10.5. The van der Waals surface area contributed by atoms with Gasteiger partial charge in [-0.3, -0.25) is 33.2 Å². The number of rotatable bonds is 18. The monoisotopic (exact) mass is 1030 g/mol. The number of carboxylic acid groups (broad SMARTS) is 1. The number of carboxylic acids is 1. The second kappa shape index (κ2) is 21.7. The van der Waals surface area contributed by atoms with Crippen molar-refractivity contribution in [1.82, 2.24) is 14.0 Å². The van der Waals surface area contributed by atoms with E-state index in [1.807, 2.05) is 31.2 Å². The predicted octanol–water partition coefficient (Wildman–Crippen LogP) is 11.3. The van der Waals surface area contributed by atoms with E-state index >= 15 is 0 Å². The van der Waals surface area contributed by atoms with Crippen molar-refractivity contribution in [2.24, 2.45) is 0 Å². The van der Waals surface area contributed by atoms with Gasteiger partial charge in [0.1, 0.15) is 35.4 Å². The molecule has 4 heterocycles. The van der Waals surface area contributed by atoms with Crippen LogP contribution in [0.15, 0.2) is 94.5 Å². The highest BCUT2D eigenvalue weighted by molar-refractivity contribution is 8.30. The number of hydrogen-bond donors (Lipinski definition) is 1. The maximum atomic E-state index is 14.5. The van der Waals surface area contributed by atoms with Crippen LogP contribution in [0.4, 0.5) is 11.4 Å². The first-order valence-electron chi connectivity index (χ1n) is 25.4. The molecule has 14 heteroatoms. The fourth-order valence-electron chi connectivity index (χ4n) is 10.8. The van der Waals surface area contributed by atoms with E-state index in [4.69, 9.17) is 23.9 Å². The average molecular weight is 1040 g/mol. The number of ether oxygens (including phenoxy) is 1. The third kappa shape index (κ3) is 9.63. The Labute approximate surface area is 437 Å². The fourth-order valence-corrected chi connectivity index (χ4v) is 14.8. The van der Waals surface area contributed by atoms with E-state index in [9.17, 15) is 24.3 Å². The minimum absolute atomic E-state index is 0.242. The van der Waals surface area contributed by atoms with E-state index in [-0.39, 0.29) is 26.7 Å². The standard InChI is InChI=1S/C58H58N4O6S4/c1-4-7-9-10-11-14-29-60-55(67)51(71-56(60)52-54(66)59(6-3)58(69)72-52)57-61(35-50(63)64)53(65)49(70-57)33-37-23-28-48-46(32-37)43-19-16-20-47(43)62(48)38-24-27-42-40-17-12-13-18-41(40)44(45(42)34-38)31-36-21-25-39(26-22-36)68-30-15-8-5-2/h2,12-13,17-18,21-28,31-34,43,47H,4-11,14-16,19-20,29-30,35H2,1,3H3,(H,63,64)/b44-31+,49-33-,56-52+,57-51+. The lowest BCUT2D eigenvalue weighted by Gasteiger charge is -2.28. The van der Waals surface area contributed by atoms with Crippen LogP contribution in [0.1, 0.15) is 125 Å². The molecule has 1 amide bonds. The van der Waals surface area contributed by atoms with Crippen LogP contribution in [0.5, 0.6) is 5.75 Å². The van der Waals surface area contributed by atoms with E-state index in [0.717, 1.165) is 122 Å². The summed E-state index contributed by atoms with van der Waals surface area (Å²) < 4.78 is 10.6. The van der Waals surface area contributed by atoms with Crippen molar-refractivity contribution >= 4 is 96.9 Å². The van der Waals surface area contributed by atoms with Gasteiger partial charge in [0, 0.05) is 36.4 Å². The predicted molar refractivity (Wildman–Crippen MR) is 298 cm³/mol. The lowest BCUT2D eigenvalue weighted by molar-refractivity contribution is -0.137. The Morgan fingerprint density at radius 1 is 0.792 bits per heavy atom. The number of fused-ring (bicyclic) bond motifs is 6. The molecule has 10 rings (SSSR count). The molecule has 1 N–H and O–H groups in total. The Morgan fingerprint density at radius 3 is 2.32 bits per heavy atom. The number of carbonyl (C=O) groups excluding carboxylic acids is 1. The molecule has 1 saturated heterocycles. The summed E-state index contributed by atoms with van der Waals surface area (Å²) in [6, 6.07) is 30.4. The number of benzene rings is 4. The first kappa shape index (κ1) is 49.8. The molecule has 370 valence electrons. The lowest BCUT2D eigenvalue weighted by Crippen LogP contribution is -2.31. The van der Waals surface area contributed by atoms with Crippen molar-refractivity contribution in [3.63, 3.8) is 0 Å². The largest absolute Gasteiger partial charge is 0.494 e. The van der Waals surface area contributed by atoms with Crippen LogP contribution in [-0.2, 0) is 22.7 Å². The second-order valence-electron chi connectivity index (χ2n) is 18.9. The van der Waals surface area contributed by atoms with Gasteiger partial charge in [0.25, 0.3) is 17.0 Å². The first-order chi connectivity index (χ1) is 35.1. The van der Waals surface area contributed by atoms with Crippen molar-refractivity contribution < 1.29 is 19.4 Å². The van der Waals surface area contributed by atoms with Crippen LogP contribution in [0.2, 0.25) is 0 Å². The van der Waals surface area contributed by atoms with Crippen molar-refractivity contribution in [3.05, 3.63) is 159 Å². The molecule has 2 unspecified atom stereocenters. The van der Waals surface area contributed by atoms with E-state index < -0.39 is 18.1 Å². The van der Waals surface area contributed by atoms with Gasteiger partial charge < -0.3 is 14.7 Å². The molecule has 6 aromatic rings. The molecule has 1 saturated carbocycles. The Morgan fingerprint density at radius 2 is 1.56 bits per heavy atom. The number of thiazole rings is 2. The summed E-state index contributed by atoms with van der Waals surface area (Å²) in [7, 11) is 0. The minimum Gasteiger partial charge on any atom is -0.494 e. The van der Waals surface area contributed by atoms with Gasteiger partial charge in [-0.2, -0.15) is 0 Å². The molecule has 2 aromatic heterocycles. The number of nitrogens with zero attached hydrogens (tertiary/aromatic N) is 4. The Hall–Kier alpha value is -5.80. The van der Waals surface area contributed by atoms with Crippen LogP contribution in [0.25, 0.3) is 33.8 Å². The van der Waals surface area contributed by atoms with Gasteiger partial charge in [-0.25, -0.2) is 0 Å². The van der Waals surface area contributed by atoms with Gasteiger partial charge >= 0.3 is 5.97 Å². The van der Waals surface area contributed by atoms with E-state index in [0.29, 0.717) is 50.5 Å². The Balaban J connectivity index is 1.03. The number of carbonyl (C=O) groups is 2. The lowest BCUT2D eigenvalue weighted by atomic mass is 9.96. The topological polar surface area (TPSA) is 114 Å². The number of hydrogen-bond acceptors (Lipinski definition) is 10. The summed E-state index contributed by atoms with van der Waals surface area (Å²) in [5.41, 5.74) is 10.7. The van der Waals surface area contributed by atoms with Gasteiger partial charge in [0.15, 0.2) is 0 Å². The SMILES string of the molecule is [CH]CCCCOc1ccc(/C=C2\c3ccccc3-c3ccc(N4c5ccc(/C=c6\s/c(=c7/s/c(=C8/SC(=S)N(CC)C8=O)n(CCCCCCCC)c7=O)n(CC(=O)O)c6=O)cc5C5CCCC54)cc32)cc1.